The fraction of sp³-hybridized carbons (Fsp3) is 0.765. The number of hydrogen-bond donors (Lipinski definition) is 1. The molecular formula is C17H29NOS. The highest BCUT2D eigenvalue weighted by atomic mass is 32.1. The molecule has 0 aliphatic heterocycles. The molecule has 0 spiro atoms. The van der Waals surface area contributed by atoms with Crippen LogP contribution in [0.25, 0.3) is 0 Å². The normalized spacial score (nSPS) is 30.1. The van der Waals surface area contributed by atoms with E-state index in [2.05, 4.69) is 39.8 Å². The van der Waals surface area contributed by atoms with E-state index in [1.54, 1.807) is 0 Å². The van der Waals surface area contributed by atoms with Crippen molar-refractivity contribution in [1.29, 1.82) is 0 Å². The summed E-state index contributed by atoms with van der Waals surface area (Å²) in [5.41, 5.74) is 6.33. The molecule has 0 aromatic carbocycles. The van der Waals surface area contributed by atoms with Gasteiger partial charge < -0.3 is 10.5 Å². The van der Waals surface area contributed by atoms with Gasteiger partial charge in [-0.1, -0.05) is 20.8 Å². The fourth-order valence-electron chi connectivity index (χ4n) is 3.39. The van der Waals surface area contributed by atoms with Gasteiger partial charge in [0.25, 0.3) is 0 Å². The van der Waals surface area contributed by atoms with Crippen LogP contribution in [0.15, 0.2) is 12.1 Å². The van der Waals surface area contributed by atoms with Crippen LogP contribution < -0.4 is 5.73 Å². The van der Waals surface area contributed by atoms with Gasteiger partial charge in [0, 0.05) is 15.8 Å². The molecular weight excluding hydrogens is 266 g/mol. The Balaban J connectivity index is 2.08. The zero-order valence-corrected chi connectivity index (χ0v) is 14.1. The molecule has 0 bridgehead atoms. The molecule has 2 nitrogen and oxygen atoms in total. The average molecular weight is 295 g/mol. The molecule has 1 heterocycles. The van der Waals surface area contributed by atoms with E-state index in [1.165, 1.54) is 29.0 Å². The second kappa shape index (κ2) is 7.06. The van der Waals surface area contributed by atoms with Gasteiger partial charge in [-0.3, -0.25) is 0 Å². The third-order valence-electron chi connectivity index (χ3n) is 4.38. The van der Waals surface area contributed by atoms with E-state index in [1.807, 2.05) is 11.3 Å². The Morgan fingerprint density at radius 3 is 2.40 bits per heavy atom. The van der Waals surface area contributed by atoms with Gasteiger partial charge in [-0.25, -0.2) is 0 Å². The summed E-state index contributed by atoms with van der Waals surface area (Å²) >= 11 is 1.82. The molecule has 2 rings (SSSR count). The zero-order chi connectivity index (χ0) is 14.7. The molecule has 0 saturated heterocycles. The van der Waals surface area contributed by atoms with Crippen molar-refractivity contribution in [1.82, 2.24) is 0 Å². The number of thiophene rings is 1. The summed E-state index contributed by atoms with van der Waals surface area (Å²) in [7, 11) is 0. The van der Waals surface area contributed by atoms with E-state index < -0.39 is 0 Å². The molecule has 0 radical (unpaired) electrons. The van der Waals surface area contributed by atoms with E-state index >= 15 is 0 Å². The number of aryl methyl sites for hydroxylation is 1. The number of ether oxygens (including phenoxy) is 1. The summed E-state index contributed by atoms with van der Waals surface area (Å²) in [6, 6.07) is 4.46. The predicted octanol–water partition coefficient (Wildman–Crippen LogP) is 4.68. The van der Waals surface area contributed by atoms with E-state index in [-0.39, 0.29) is 12.1 Å². The van der Waals surface area contributed by atoms with Crippen molar-refractivity contribution in [2.75, 3.05) is 0 Å². The lowest BCUT2D eigenvalue weighted by atomic mass is 9.81. The van der Waals surface area contributed by atoms with Crippen LogP contribution in [-0.2, 0) is 4.74 Å². The second-order valence-electron chi connectivity index (χ2n) is 6.62. The summed E-state index contributed by atoms with van der Waals surface area (Å²) in [5.74, 6) is 1.54. The largest absolute Gasteiger partial charge is 0.368 e. The van der Waals surface area contributed by atoms with Crippen molar-refractivity contribution in [2.45, 2.75) is 71.6 Å². The molecule has 1 aromatic heterocycles. The molecule has 1 aliphatic rings. The van der Waals surface area contributed by atoms with Crippen molar-refractivity contribution in [3.8, 4) is 0 Å². The van der Waals surface area contributed by atoms with Gasteiger partial charge in [0.15, 0.2) is 0 Å². The minimum Gasteiger partial charge on any atom is -0.368 e. The van der Waals surface area contributed by atoms with Crippen LogP contribution in [0.2, 0.25) is 0 Å². The Morgan fingerprint density at radius 1 is 1.25 bits per heavy atom. The third kappa shape index (κ3) is 4.06. The Kier molecular flexibility index (Phi) is 5.65. The van der Waals surface area contributed by atoms with Crippen LogP contribution >= 0.6 is 11.3 Å². The summed E-state index contributed by atoms with van der Waals surface area (Å²) in [4.78, 5) is 2.63. The minimum atomic E-state index is 0.0706. The van der Waals surface area contributed by atoms with Gasteiger partial charge in [0.1, 0.15) is 6.10 Å². The van der Waals surface area contributed by atoms with Crippen molar-refractivity contribution >= 4 is 11.3 Å². The first-order valence-electron chi connectivity index (χ1n) is 7.97. The number of rotatable bonds is 5. The first kappa shape index (κ1) is 16.0. The van der Waals surface area contributed by atoms with Crippen molar-refractivity contribution in [2.24, 2.45) is 17.6 Å². The van der Waals surface area contributed by atoms with Gasteiger partial charge >= 0.3 is 0 Å². The summed E-state index contributed by atoms with van der Waals surface area (Å²) in [5, 5.41) is 0. The van der Waals surface area contributed by atoms with Crippen LogP contribution in [0, 0.1) is 18.8 Å². The van der Waals surface area contributed by atoms with Gasteiger partial charge in [0.05, 0.1) is 6.10 Å². The molecule has 20 heavy (non-hydrogen) atoms. The standard InChI is InChI=1S/C17H29NOS/c1-5-15(18)17(16-7-6-13(4)20-16)19-14-9-11(2)8-12(3)10-14/h6-7,11-12,14-15,17H,5,8-10,18H2,1-4H3. The van der Waals surface area contributed by atoms with Crippen LogP contribution in [0.4, 0.5) is 0 Å². The molecule has 114 valence electrons. The lowest BCUT2D eigenvalue weighted by molar-refractivity contribution is -0.0595. The zero-order valence-electron chi connectivity index (χ0n) is 13.3. The van der Waals surface area contributed by atoms with Crippen molar-refractivity contribution in [3.05, 3.63) is 21.9 Å². The summed E-state index contributed by atoms with van der Waals surface area (Å²) in [6.45, 7) is 8.98. The van der Waals surface area contributed by atoms with Gasteiger partial charge in [0.2, 0.25) is 0 Å². The smallest absolute Gasteiger partial charge is 0.107 e. The highest BCUT2D eigenvalue weighted by molar-refractivity contribution is 7.12. The molecule has 2 N–H and O–H groups in total. The van der Waals surface area contributed by atoms with Gasteiger partial charge in [-0.2, -0.15) is 0 Å². The Morgan fingerprint density at radius 2 is 1.90 bits per heavy atom. The van der Waals surface area contributed by atoms with E-state index in [4.69, 9.17) is 10.5 Å². The van der Waals surface area contributed by atoms with Crippen LogP contribution in [0.5, 0.6) is 0 Å². The molecule has 3 heteroatoms. The van der Waals surface area contributed by atoms with Crippen LogP contribution in [0.3, 0.4) is 0 Å². The van der Waals surface area contributed by atoms with Crippen LogP contribution in [-0.4, -0.2) is 12.1 Å². The first-order valence-corrected chi connectivity index (χ1v) is 8.78. The number of nitrogens with two attached hydrogens (primary N) is 1. The highest BCUT2D eigenvalue weighted by Gasteiger charge is 2.30. The lowest BCUT2D eigenvalue weighted by Gasteiger charge is -2.35. The SMILES string of the molecule is CCC(N)C(OC1CC(C)CC(C)C1)c1ccc(C)s1. The Bertz CT molecular complexity index is 407. The maximum atomic E-state index is 6.47. The van der Waals surface area contributed by atoms with Crippen molar-refractivity contribution in [3.63, 3.8) is 0 Å². The molecule has 4 unspecified atom stereocenters. The van der Waals surface area contributed by atoms with E-state index in [0.717, 1.165) is 18.3 Å². The maximum absolute atomic E-state index is 6.47. The molecule has 1 saturated carbocycles. The molecule has 1 aliphatic carbocycles. The third-order valence-corrected chi connectivity index (χ3v) is 5.44. The minimum absolute atomic E-state index is 0.0706. The number of hydrogen-bond acceptors (Lipinski definition) is 3. The van der Waals surface area contributed by atoms with E-state index in [9.17, 15) is 0 Å². The highest BCUT2D eigenvalue weighted by Crippen LogP contribution is 2.36. The summed E-state index contributed by atoms with van der Waals surface area (Å²) in [6.07, 6.45) is 5.10. The predicted molar refractivity (Wildman–Crippen MR) is 87.1 cm³/mol. The van der Waals surface area contributed by atoms with E-state index in [0.29, 0.717) is 6.10 Å². The topological polar surface area (TPSA) is 35.2 Å². The first-order chi connectivity index (χ1) is 9.49. The Labute approximate surface area is 127 Å². The molecule has 1 aromatic rings. The molecule has 0 amide bonds. The second-order valence-corrected chi connectivity index (χ2v) is 7.94. The Hall–Kier alpha value is -0.380. The molecule has 4 atom stereocenters. The summed E-state index contributed by atoms with van der Waals surface area (Å²) < 4.78 is 6.47. The molecule has 1 fully saturated rings. The fourth-order valence-corrected chi connectivity index (χ4v) is 4.38. The average Bonchev–Trinajstić information content (AvgIpc) is 2.80. The van der Waals surface area contributed by atoms with Gasteiger partial charge in [-0.05, 0) is 56.6 Å². The van der Waals surface area contributed by atoms with Crippen molar-refractivity contribution < 1.29 is 4.74 Å². The van der Waals surface area contributed by atoms with Gasteiger partial charge in [-0.15, -0.1) is 11.3 Å². The lowest BCUT2D eigenvalue weighted by Crippen LogP contribution is -2.35. The maximum Gasteiger partial charge on any atom is 0.107 e. The van der Waals surface area contributed by atoms with Crippen LogP contribution in [0.1, 0.15) is 62.3 Å². The quantitative estimate of drug-likeness (QED) is 0.856. The monoisotopic (exact) mass is 295 g/mol.